The molecule has 0 saturated carbocycles. The Bertz CT molecular complexity index is 1050. The molecule has 2 heterocycles. The summed E-state index contributed by atoms with van der Waals surface area (Å²) in [7, 11) is 0. The molecule has 5 heteroatoms. The lowest BCUT2D eigenvalue weighted by atomic mass is 10.2. The second kappa shape index (κ2) is 5.66. The van der Waals surface area contributed by atoms with Crippen molar-refractivity contribution < 1.29 is 4.42 Å². The summed E-state index contributed by atoms with van der Waals surface area (Å²) < 4.78 is 7.03. The van der Waals surface area contributed by atoms with E-state index in [9.17, 15) is 4.79 Å². The number of fused-ring (bicyclic) bond motifs is 1. The minimum atomic E-state index is -0.169. The molecule has 0 atom stereocenters. The van der Waals surface area contributed by atoms with Crippen molar-refractivity contribution in [2.24, 2.45) is 0 Å². The van der Waals surface area contributed by atoms with Crippen molar-refractivity contribution in [3.8, 4) is 22.9 Å². The summed E-state index contributed by atoms with van der Waals surface area (Å²) in [6.07, 6.45) is 0. The molecule has 0 unspecified atom stereocenters. The molecule has 0 bridgehead atoms. The molecule has 4 rings (SSSR count). The molecule has 4 nitrogen and oxygen atoms in total. The fourth-order valence-corrected chi connectivity index (χ4v) is 2.80. The average Bonchev–Trinajstić information content (AvgIpc) is 3.05. The van der Waals surface area contributed by atoms with Crippen LogP contribution in [0.5, 0.6) is 0 Å². The zero-order chi connectivity index (χ0) is 15.8. The summed E-state index contributed by atoms with van der Waals surface area (Å²) in [6, 6.07) is 19.0. The Balaban J connectivity index is 1.80. The monoisotopic (exact) mass is 414 g/mol. The molecule has 0 fully saturated rings. The number of nitrogens with one attached hydrogen (secondary N) is 1. The highest BCUT2D eigenvalue weighted by Crippen LogP contribution is 2.27. The Kier molecular flexibility index (Phi) is 3.49. The number of halogens is 1. The Labute approximate surface area is 145 Å². The topological polar surface area (TPSA) is 58.9 Å². The number of aromatic nitrogens is 2. The van der Waals surface area contributed by atoms with Crippen LogP contribution in [0, 0.1) is 3.57 Å². The molecule has 2 aromatic carbocycles. The summed E-state index contributed by atoms with van der Waals surface area (Å²) in [6.45, 7) is 0. The molecule has 0 spiro atoms. The standard InChI is InChI=1S/C18H11IN2O2/c19-12-7-5-11(6-8-12)15-9-10-16(23-15)17-20-14-4-2-1-3-13(14)18(22)21-17/h1-10H,(H,20,21,22). The van der Waals surface area contributed by atoms with Gasteiger partial charge in [-0.05, 0) is 59.0 Å². The highest BCUT2D eigenvalue weighted by atomic mass is 127. The predicted molar refractivity (Wildman–Crippen MR) is 98.2 cm³/mol. The molecule has 1 N–H and O–H groups in total. The number of aromatic amines is 1. The Morgan fingerprint density at radius 2 is 1.65 bits per heavy atom. The van der Waals surface area contributed by atoms with Crippen molar-refractivity contribution >= 4 is 33.5 Å². The van der Waals surface area contributed by atoms with Gasteiger partial charge in [0.25, 0.3) is 5.56 Å². The largest absolute Gasteiger partial charge is 0.453 e. The predicted octanol–water partition coefficient (Wildman–Crippen LogP) is 4.45. The minimum Gasteiger partial charge on any atom is -0.453 e. The van der Waals surface area contributed by atoms with Crippen LogP contribution in [0.2, 0.25) is 0 Å². The van der Waals surface area contributed by atoms with Crippen LogP contribution >= 0.6 is 22.6 Å². The van der Waals surface area contributed by atoms with Gasteiger partial charge < -0.3 is 9.40 Å². The molecule has 0 radical (unpaired) electrons. The van der Waals surface area contributed by atoms with Crippen LogP contribution < -0.4 is 5.56 Å². The number of H-pyrrole nitrogens is 1. The fraction of sp³-hybridized carbons (Fsp3) is 0. The van der Waals surface area contributed by atoms with Crippen molar-refractivity contribution in [1.29, 1.82) is 0 Å². The number of hydrogen-bond donors (Lipinski definition) is 1. The van der Waals surface area contributed by atoms with Gasteiger partial charge in [-0.15, -0.1) is 0 Å². The van der Waals surface area contributed by atoms with E-state index in [0.29, 0.717) is 22.5 Å². The summed E-state index contributed by atoms with van der Waals surface area (Å²) in [5.41, 5.74) is 1.47. The summed E-state index contributed by atoms with van der Waals surface area (Å²) >= 11 is 2.26. The van der Waals surface area contributed by atoms with Gasteiger partial charge in [0.15, 0.2) is 11.6 Å². The number of furan rings is 1. The smallest absolute Gasteiger partial charge is 0.259 e. The molecule has 112 valence electrons. The highest BCUT2D eigenvalue weighted by molar-refractivity contribution is 14.1. The lowest BCUT2D eigenvalue weighted by molar-refractivity contribution is 0.592. The van der Waals surface area contributed by atoms with Crippen LogP contribution in [0.3, 0.4) is 0 Å². The number of hydrogen-bond acceptors (Lipinski definition) is 3. The van der Waals surface area contributed by atoms with Crippen molar-refractivity contribution in [1.82, 2.24) is 9.97 Å². The molecule has 0 amide bonds. The van der Waals surface area contributed by atoms with Gasteiger partial charge in [-0.2, -0.15) is 0 Å². The average molecular weight is 414 g/mol. The van der Waals surface area contributed by atoms with Gasteiger partial charge in [-0.3, -0.25) is 4.79 Å². The van der Waals surface area contributed by atoms with E-state index < -0.39 is 0 Å². The third-order valence-corrected chi connectivity index (χ3v) is 4.30. The lowest BCUT2D eigenvalue weighted by Gasteiger charge is -2.01. The molecule has 0 aliphatic rings. The minimum absolute atomic E-state index is 0.169. The molecule has 23 heavy (non-hydrogen) atoms. The first-order valence-corrected chi connectivity index (χ1v) is 8.14. The number of para-hydroxylation sites is 1. The van der Waals surface area contributed by atoms with E-state index in [1.807, 2.05) is 54.6 Å². The molecule has 2 aromatic heterocycles. The van der Waals surface area contributed by atoms with Crippen molar-refractivity contribution in [2.75, 3.05) is 0 Å². The molecule has 0 aliphatic carbocycles. The normalized spacial score (nSPS) is 11.0. The van der Waals surface area contributed by atoms with E-state index in [0.717, 1.165) is 11.3 Å². The maximum Gasteiger partial charge on any atom is 0.259 e. The van der Waals surface area contributed by atoms with Crippen LogP contribution in [-0.2, 0) is 0 Å². The molecule has 0 aliphatic heterocycles. The van der Waals surface area contributed by atoms with E-state index in [4.69, 9.17) is 4.42 Å². The van der Waals surface area contributed by atoms with Gasteiger partial charge in [-0.1, -0.05) is 24.3 Å². The maximum atomic E-state index is 12.1. The summed E-state index contributed by atoms with van der Waals surface area (Å²) in [5, 5.41) is 0.570. The van der Waals surface area contributed by atoms with E-state index in [1.54, 1.807) is 6.07 Å². The first-order valence-electron chi connectivity index (χ1n) is 7.06. The van der Waals surface area contributed by atoms with E-state index in [1.165, 1.54) is 3.57 Å². The van der Waals surface area contributed by atoms with Crippen molar-refractivity contribution in [3.05, 3.63) is 74.6 Å². The number of rotatable bonds is 2. The van der Waals surface area contributed by atoms with E-state index in [-0.39, 0.29) is 5.56 Å². The molecular formula is C18H11IN2O2. The SMILES string of the molecule is O=c1[nH]c(-c2ccc(-c3ccc(I)cc3)o2)nc2ccccc12. The zero-order valence-electron chi connectivity index (χ0n) is 11.9. The third-order valence-electron chi connectivity index (χ3n) is 3.58. The van der Waals surface area contributed by atoms with Crippen LogP contribution in [0.4, 0.5) is 0 Å². The van der Waals surface area contributed by atoms with Gasteiger partial charge in [0.05, 0.1) is 10.9 Å². The van der Waals surface area contributed by atoms with Crippen molar-refractivity contribution in [2.45, 2.75) is 0 Å². The summed E-state index contributed by atoms with van der Waals surface area (Å²) in [5.74, 6) is 1.72. The van der Waals surface area contributed by atoms with Gasteiger partial charge in [0.1, 0.15) is 5.76 Å². The van der Waals surface area contributed by atoms with Crippen LogP contribution in [-0.4, -0.2) is 9.97 Å². The van der Waals surface area contributed by atoms with E-state index in [2.05, 4.69) is 32.6 Å². The first kappa shape index (κ1) is 14.2. The van der Waals surface area contributed by atoms with E-state index >= 15 is 0 Å². The Morgan fingerprint density at radius 1 is 0.913 bits per heavy atom. The first-order chi connectivity index (χ1) is 11.2. The lowest BCUT2D eigenvalue weighted by Crippen LogP contribution is -2.08. The second-order valence-corrected chi connectivity index (χ2v) is 6.35. The molecular weight excluding hydrogens is 403 g/mol. The van der Waals surface area contributed by atoms with Gasteiger partial charge in [0, 0.05) is 9.13 Å². The molecule has 0 saturated heterocycles. The summed E-state index contributed by atoms with van der Waals surface area (Å²) in [4.78, 5) is 19.4. The number of nitrogens with zero attached hydrogens (tertiary/aromatic N) is 1. The van der Waals surface area contributed by atoms with Crippen LogP contribution in [0.15, 0.2) is 69.9 Å². The van der Waals surface area contributed by atoms with Crippen molar-refractivity contribution in [3.63, 3.8) is 0 Å². The van der Waals surface area contributed by atoms with Gasteiger partial charge in [-0.25, -0.2) is 4.98 Å². The zero-order valence-corrected chi connectivity index (χ0v) is 14.1. The Morgan fingerprint density at radius 3 is 2.48 bits per heavy atom. The van der Waals surface area contributed by atoms with Crippen LogP contribution in [0.1, 0.15) is 0 Å². The fourth-order valence-electron chi connectivity index (χ4n) is 2.44. The second-order valence-electron chi connectivity index (χ2n) is 5.10. The number of benzene rings is 2. The van der Waals surface area contributed by atoms with Crippen LogP contribution in [0.25, 0.3) is 33.8 Å². The third kappa shape index (κ3) is 2.68. The van der Waals surface area contributed by atoms with Gasteiger partial charge >= 0.3 is 0 Å². The highest BCUT2D eigenvalue weighted by Gasteiger charge is 2.10. The quantitative estimate of drug-likeness (QED) is 0.493. The Hall–Kier alpha value is -2.41. The maximum absolute atomic E-state index is 12.1. The molecule has 4 aromatic rings. The van der Waals surface area contributed by atoms with Gasteiger partial charge in [0.2, 0.25) is 0 Å².